The van der Waals surface area contributed by atoms with Crippen molar-refractivity contribution in [3.8, 4) is 5.75 Å². The maximum atomic E-state index is 14.5. The van der Waals surface area contributed by atoms with Gasteiger partial charge in [0.25, 0.3) is 17.7 Å². The molecule has 7 rings (SSSR count). The van der Waals surface area contributed by atoms with Crippen molar-refractivity contribution in [2.75, 3.05) is 58.2 Å². The van der Waals surface area contributed by atoms with Gasteiger partial charge in [-0.05, 0) is 125 Å². The predicted octanol–water partition coefficient (Wildman–Crippen LogP) is 4.59. The second kappa shape index (κ2) is 30.5. The van der Waals surface area contributed by atoms with E-state index in [-0.39, 0.29) is 71.6 Å². The average molecular weight is 1290 g/mol. The van der Waals surface area contributed by atoms with E-state index < -0.39 is 102 Å². The zero-order valence-corrected chi connectivity index (χ0v) is 53.4. The molecule has 9 N–H and O–H groups in total. The van der Waals surface area contributed by atoms with Crippen molar-refractivity contribution in [2.24, 2.45) is 11.7 Å². The van der Waals surface area contributed by atoms with Gasteiger partial charge in [0, 0.05) is 76.8 Å². The second-order valence-electron chi connectivity index (χ2n) is 23.3. The Morgan fingerprint density at radius 3 is 2.37 bits per heavy atom. The molecule has 5 heterocycles. The number of halogens is 1. The molecular weight excluding hydrogens is 1210 g/mol. The van der Waals surface area contributed by atoms with Crippen LogP contribution < -0.4 is 47.3 Å². The third kappa shape index (κ3) is 17.6. The Morgan fingerprint density at radius 1 is 0.967 bits per heavy atom. The van der Waals surface area contributed by atoms with Crippen LogP contribution in [-0.4, -0.2) is 180 Å². The fraction of sp³-hybridized carbons (Fsp3) is 0.500. The highest BCUT2D eigenvalue weighted by atomic mass is 35.5. The van der Waals surface area contributed by atoms with Gasteiger partial charge in [-0.2, -0.15) is 0 Å². The number of carbonyl (C=O) groups excluding carboxylic acids is 9. The fourth-order valence-corrected chi connectivity index (χ4v) is 11.3. The molecule has 2 saturated heterocycles. The van der Waals surface area contributed by atoms with Gasteiger partial charge in [-0.3, -0.25) is 39.0 Å². The van der Waals surface area contributed by atoms with Gasteiger partial charge < -0.3 is 70.9 Å². The topological polar surface area (TPSA) is 344 Å². The summed E-state index contributed by atoms with van der Waals surface area (Å²) in [5, 5.41) is 29.4. The summed E-state index contributed by atoms with van der Waals surface area (Å²) in [6.07, 6.45) is 4.84. The number of carbonyl (C=O) groups is 9. The summed E-state index contributed by atoms with van der Waals surface area (Å²) in [6.45, 7) is 9.55. The summed E-state index contributed by atoms with van der Waals surface area (Å²) in [4.78, 5) is 127. The number of methoxy groups -OCH3 is 2. The zero-order chi connectivity index (χ0) is 65.8. The number of allylic oxidation sites excluding steroid dienone is 3. The molecule has 90 heavy (non-hydrogen) atoms. The van der Waals surface area contributed by atoms with Crippen LogP contribution in [0.4, 0.5) is 21.1 Å². The summed E-state index contributed by atoms with van der Waals surface area (Å²) in [7, 11) is 5.82. The number of anilines is 2. The number of pyridine rings is 1. The Labute approximate surface area is 532 Å². The Balaban J connectivity index is 1.03. The van der Waals surface area contributed by atoms with Crippen LogP contribution in [0.15, 0.2) is 78.4 Å². The van der Waals surface area contributed by atoms with Crippen LogP contribution in [0.3, 0.4) is 0 Å². The quantitative estimate of drug-likeness (QED) is 0.0224. The minimum absolute atomic E-state index is 0.0378. The van der Waals surface area contributed by atoms with Crippen molar-refractivity contribution < 1.29 is 71.9 Å². The molecule has 486 valence electrons. The van der Waals surface area contributed by atoms with Crippen LogP contribution in [0.2, 0.25) is 5.02 Å². The third-order valence-electron chi connectivity index (χ3n) is 16.3. The number of nitrogens with one attached hydrogen (secondary N) is 6. The Kier molecular flexibility index (Phi) is 23.5. The number of nitrogens with zero attached hydrogens (tertiary/aromatic N) is 4. The second-order valence-corrected chi connectivity index (χ2v) is 24.1. The van der Waals surface area contributed by atoms with Gasteiger partial charge in [0.2, 0.25) is 17.7 Å². The lowest BCUT2D eigenvalue weighted by molar-refractivity contribution is -0.158. The number of likely N-dealkylation sites (N-methyl/N-ethyl adjacent to an activating group) is 1. The lowest BCUT2D eigenvalue weighted by atomic mass is 9.90. The van der Waals surface area contributed by atoms with Crippen LogP contribution in [0, 0.1) is 5.92 Å². The number of benzene rings is 2. The zero-order valence-electron chi connectivity index (χ0n) is 51.8. The molecular formula is C62H80ClN11O15S. The largest absolute Gasteiger partial charge is 0.495 e. The molecule has 9 atom stereocenters. The number of urea groups is 1. The summed E-state index contributed by atoms with van der Waals surface area (Å²) in [6, 6.07) is 7.47. The van der Waals surface area contributed by atoms with Crippen molar-refractivity contribution in [3.63, 3.8) is 0 Å². The van der Waals surface area contributed by atoms with Gasteiger partial charge in [0.15, 0.2) is 10.8 Å². The SMILES string of the molecule is COc1cc2cc(c1Cl)N(C)C(=O)C[C@H](OC(=O)[C@H](C)N(C)C(=O)c1ccc3nc(NC(=O)[C@H](CCCCNC(N)=O)NC(=O)[C@@H](NC(=S)NCCCCN4C(=O)C=CC4=O)C(C)C)ccc3c1)[C@]1(C)O[C@H]1C[C@@H]1C[C@@](O)(NC(=O)O1)[C@H](OC)/C=C/C=C(\C)C2. The minimum atomic E-state index is -1.89. The number of aliphatic hydroxyl groups is 1. The predicted molar refractivity (Wildman–Crippen MR) is 337 cm³/mol. The standard InChI is InChI=1S/C62H80ClN11O15S/c1-34(2)53(70-59(90)66-25-12-13-26-74-49(75)22-23-50(74)76)55(79)68-42(16-10-11-24-65-58(64)82)54(78)69-48-21-19-38-30-39(18-20-41(38)67-48)56(80)72(6)36(4)57(81)88-46-32-51(77)73(7)43-28-37(29-44(85-8)52(43)63)27-35(3)15-14-17-45(86-9)62(84)33-40(87-60(83)71-62)31-47-61(46,5)89-47/h14-15,17-23,28-30,34,36,40,42,45-47,53,84H,10-13,16,24-27,31-33H2,1-9H3,(H,68,79)(H,71,83)(H3,64,65,82)(H2,66,70,90)(H,67,69,78)/b17-14+,35-15+/t36-,40+,42-,45+,46-,47-,53-,61-,62-/m0/s1. The number of aromatic nitrogens is 1. The highest BCUT2D eigenvalue weighted by Crippen LogP contribution is 2.47. The number of unbranched alkanes of at least 4 members (excludes halogenated alkanes) is 2. The third-order valence-corrected chi connectivity index (χ3v) is 16.9. The van der Waals surface area contributed by atoms with Crippen LogP contribution in [-0.2, 0) is 54.1 Å². The van der Waals surface area contributed by atoms with Gasteiger partial charge in [-0.1, -0.05) is 49.2 Å². The van der Waals surface area contributed by atoms with E-state index in [1.54, 1.807) is 49.4 Å². The van der Waals surface area contributed by atoms with E-state index in [9.17, 15) is 48.3 Å². The number of imide groups is 1. The summed E-state index contributed by atoms with van der Waals surface area (Å²) in [5.41, 5.74) is 4.54. The number of amides is 9. The van der Waals surface area contributed by atoms with Crippen molar-refractivity contribution in [2.45, 2.75) is 146 Å². The maximum Gasteiger partial charge on any atom is 0.409 e. The van der Waals surface area contributed by atoms with Crippen LogP contribution >= 0.6 is 23.8 Å². The Bertz CT molecular complexity index is 3330. The van der Waals surface area contributed by atoms with Crippen molar-refractivity contribution in [1.82, 2.24) is 41.4 Å². The molecule has 0 radical (unpaired) electrons. The average Bonchev–Trinajstić information content (AvgIpc) is 1.59. The minimum Gasteiger partial charge on any atom is -0.495 e. The molecule has 2 aromatic carbocycles. The number of ether oxygens (including phenoxy) is 5. The monoisotopic (exact) mass is 1290 g/mol. The molecule has 26 nitrogen and oxygen atoms in total. The lowest BCUT2D eigenvalue weighted by Crippen LogP contribution is -2.62. The van der Waals surface area contributed by atoms with Crippen molar-refractivity contribution >= 4 is 105 Å². The number of epoxide rings is 1. The van der Waals surface area contributed by atoms with Crippen LogP contribution in [0.25, 0.3) is 10.9 Å². The number of fused-ring (bicyclic) bond motifs is 6. The number of esters is 1. The van der Waals surface area contributed by atoms with E-state index in [1.165, 1.54) is 69.3 Å². The van der Waals surface area contributed by atoms with Crippen LogP contribution in [0.5, 0.6) is 5.75 Å². The van der Waals surface area contributed by atoms with Gasteiger partial charge in [-0.25, -0.2) is 19.4 Å². The summed E-state index contributed by atoms with van der Waals surface area (Å²) < 4.78 is 29.3. The smallest absolute Gasteiger partial charge is 0.409 e. The molecule has 3 aromatic rings. The number of primary amides is 1. The fourth-order valence-electron chi connectivity index (χ4n) is 10.8. The Morgan fingerprint density at radius 2 is 1.68 bits per heavy atom. The van der Waals surface area contributed by atoms with Crippen LogP contribution in [0.1, 0.15) is 102 Å². The normalized spacial score (nSPS) is 23.6. The number of hydrogen-bond acceptors (Lipinski definition) is 17. The van der Waals surface area contributed by atoms with E-state index in [0.29, 0.717) is 61.0 Å². The molecule has 4 aliphatic heterocycles. The number of nitrogens with two attached hydrogens (primary N) is 1. The van der Waals surface area contributed by atoms with Gasteiger partial charge in [0.05, 0.1) is 30.8 Å². The molecule has 0 spiro atoms. The molecule has 0 saturated carbocycles. The van der Waals surface area contributed by atoms with E-state index >= 15 is 0 Å². The molecule has 0 unspecified atom stereocenters. The van der Waals surface area contributed by atoms with Gasteiger partial charge in [-0.15, -0.1) is 0 Å². The van der Waals surface area contributed by atoms with Gasteiger partial charge in [0.1, 0.15) is 58.6 Å². The molecule has 1 aromatic heterocycles. The maximum absolute atomic E-state index is 14.5. The summed E-state index contributed by atoms with van der Waals surface area (Å²) >= 11 is 12.3. The molecule has 2 fully saturated rings. The summed E-state index contributed by atoms with van der Waals surface area (Å²) in [5.74, 6) is -3.59. The number of hydrogen-bond donors (Lipinski definition) is 8. The Hall–Kier alpha value is -8.24. The number of alkyl carbamates (subject to hydrolysis) is 1. The number of thiocarbonyl (C=S) groups is 1. The first-order valence-electron chi connectivity index (χ1n) is 29.6. The first kappa shape index (κ1) is 69.2. The first-order valence-corrected chi connectivity index (χ1v) is 30.4. The molecule has 4 aliphatic rings. The highest BCUT2D eigenvalue weighted by molar-refractivity contribution is 7.80. The van der Waals surface area contributed by atoms with Crippen molar-refractivity contribution in [3.05, 3.63) is 94.6 Å². The molecule has 0 aliphatic carbocycles. The number of rotatable bonds is 22. The van der Waals surface area contributed by atoms with E-state index in [0.717, 1.165) is 16.0 Å². The lowest BCUT2D eigenvalue weighted by Gasteiger charge is -2.40. The van der Waals surface area contributed by atoms with E-state index in [2.05, 4.69) is 36.9 Å². The first-order chi connectivity index (χ1) is 42.6. The van der Waals surface area contributed by atoms with E-state index in [1.807, 2.05) is 26.8 Å². The van der Waals surface area contributed by atoms with Gasteiger partial charge >= 0.3 is 18.1 Å². The molecule has 28 heteroatoms. The highest BCUT2D eigenvalue weighted by Gasteiger charge is 2.62. The van der Waals surface area contributed by atoms with Crippen molar-refractivity contribution in [1.29, 1.82) is 0 Å². The molecule has 4 bridgehead atoms. The molecule has 9 amide bonds. The van der Waals surface area contributed by atoms with E-state index in [4.69, 9.17) is 53.2 Å².